The second-order valence-electron chi connectivity index (χ2n) is 4.63. The number of hydrogen-bond acceptors (Lipinski definition) is 10. The van der Waals surface area contributed by atoms with Gasteiger partial charge in [0.2, 0.25) is 0 Å². The van der Waals surface area contributed by atoms with Crippen molar-refractivity contribution in [2.45, 2.75) is 27.7 Å². The van der Waals surface area contributed by atoms with Gasteiger partial charge in [-0.3, -0.25) is 0 Å². The largest absolute Gasteiger partial charge is 0.461 e. The maximum Gasteiger partial charge on any atom is 0.357 e. The molecule has 0 radical (unpaired) electrons. The number of esters is 4. The highest BCUT2D eigenvalue weighted by molar-refractivity contribution is 6.07. The first kappa shape index (κ1) is 21.0. The number of nitrogens with one attached hydrogen (secondary N) is 2. The fourth-order valence-corrected chi connectivity index (χ4v) is 1.93. The fraction of sp³-hybridized carbons (Fsp3) is 0.500. The number of carbonyl (C=O) groups is 4. The molecule has 0 spiro atoms. The van der Waals surface area contributed by atoms with E-state index in [1.807, 2.05) is 0 Å². The Morgan fingerprint density at radius 3 is 0.885 bits per heavy atom. The van der Waals surface area contributed by atoms with E-state index in [9.17, 15) is 19.2 Å². The third-order valence-electron chi connectivity index (χ3n) is 2.92. The lowest BCUT2D eigenvalue weighted by atomic mass is 10.2. The van der Waals surface area contributed by atoms with Crippen LogP contribution < -0.4 is 10.6 Å². The van der Waals surface area contributed by atoms with Gasteiger partial charge in [0.25, 0.3) is 0 Å². The number of hydrogen-bond donors (Lipinski definition) is 2. The first-order valence-corrected chi connectivity index (χ1v) is 8.12. The Morgan fingerprint density at radius 1 is 0.538 bits per heavy atom. The van der Waals surface area contributed by atoms with Crippen LogP contribution in [0.15, 0.2) is 22.8 Å². The Labute approximate surface area is 150 Å². The molecule has 0 saturated carbocycles. The SMILES string of the molecule is CCOC(=O)C1=C(C(=O)OCC)NC(C(=O)OCC)=C(C(=O)OCC)N1. The van der Waals surface area contributed by atoms with Crippen molar-refractivity contribution >= 4 is 23.9 Å². The molecule has 0 aliphatic carbocycles. The molecule has 144 valence electrons. The highest BCUT2D eigenvalue weighted by atomic mass is 16.5. The molecular weight excluding hydrogens is 348 g/mol. The van der Waals surface area contributed by atoms with Gasteiger partial charge in [0, 0.05) is 0 Å². The van der Waals surface area contributed by atoms with E-state index in [2.05, 4.69) is 10.6 Å². The minimum absolute atomic E-state index is 0.0311. The van der Waals surface area contributed by atoms with E-state index in [1.165, 1.54) is 0 Å². The second-order valence-corrected chi connectivity index (χ2v) is 4.63. The molecule has 1 aliphatic rings. The van der Waals surface area contributed by atoms with Crippen molar-refractivity contribution in [1.29, 1.82) is 0 Å². The Balaban J connectivity index is 3.38. The van der Waals surface area contributed by atoms with Crippen molar-refractivity contribution in [3.8, 4) is 0 Å². The van der Waals surface area contributed by atoms with Crippen LogP contribution in [0.3, 0.4) is 0 Å². The first-order chi connectivity index (χ1) is 12.4. The molecule has 0 aromatic rings. The van der Waals surface area contributed by atoms with Gasteiger partial charge in [-0.05, 0) is 27.7 Å². The highest BCUT2D eigenvalue weighted by Gasteiger charge is 2.36. The Hall–Kier alpha value is -3.04. The maximum atomic E-state index is 12.2. The predicted molar refractivity (Wildman–Crippen MR) is 86.9 cm³/mol. The third kappa shape index (κ3) is 4.98. The van der Waals surface area contributed by atoms with E-state index in [0.29, 0.717) is 0 Å². The van der Waals surface area contributed by atoms with E-state index in [4.69, 9.17) is 18.9 Å². The molecule has 10 heteroatoms. The number of carbonyl (C=O) groups excluding carboxylic acids is 4. The van der Waals surface area contributed by atoms with Crippen molar-refractivity contribution in [3.05, 3.63) is 22.8 Å². The summed E-state index contributed by atoms with van der Waals surface area (Å²) in [5.74, 6) is -3.64. The average Bonchev–Trinajstić information content (AvgIpc) is 2.61. The summed E-state index contributed by atoms with van der Waals surface area (Å²) in [4.78, 5) is 48.7. The summed E-state index contributed by atoms with van der Waals surface area (Å²) in [5, 5.41) is 4.89. The molecule has 0 amide bonds. The summed E-state index contributed by atoms with van der Waals surface area (Å²) in [6, 6.07) is 0. The van der Waals surface area contributed by atoms with Crippen molar-refractivity contribution in [1.82, 2.24) is 10.6 Å². The molecule has 1 rings (SSSR count). The zero-order valence-electron chi connectivity index (χ0n) is 15.1. The first-order valence-electron chi connectivity index (χ1n) is 8.12. The van der Waals surface area contributed by atoms with Gasteiger partial charge in [0.05, 0.1) is 26.4 Å². The van der Waals surface area contributed by atoms with Crippen LogP contribution in [0.4, 0.5) is 0 Å². The van der Waals surface area contributed by atoms with Gasteiger partial charge in [-0.25, -0.2) is 19.2 Å². The van der Waals surface area contributed by atoms with Crippen LogP contribution in [-0.4, -0.2) is 50.3 Å². The van der Waals surface area contributed by atoms with Crippen molar-refractivity contribution in [2.24, 2.45) is 0 Å². The van der Waals surface area contributed by atoms with E-state index in [0.717, 1.165) is 0 Å². The van der Waals surface area contributed by atoms with Crippen LogP contribution in [0, 0.1) is 0 Å². The van der Waals surface area contributed by atoms with E-state index in [1.54, 1.807) is 27.7 Å². The topological polar surface area (TPSA) is 129 Å². The molecule has 0 bridgehead atoms. The molecule has 0 fully saturated rings. The van der Waals surface area contributed by atoms with Gasteiger partial charge in [0.15, 0.2) is 22.8 Å². The monoisotopic (exact) mass is 370 g/mol. The van der Waals surface area contributed by atoms with Gasteiger partial charge in [-0.15, -0.1) is 0 Å². The normalized spacial score (nSPS) is 13.4. The van der Waals surface area contributed by atoms with Crippen molar-refractivity contribution in [3.63, 3.8) is 0 Å². The van der Waals surface area contributed by atoms with Gasteiger partial charge in [-0.1, -0.05) is 0 Å². The van der Waals surface area contributed by atoms with Gasteiger partial charge in [-0.2, -0.15) is 0 Å². The molecule has 0 aromatic heterocycles. The van der Waals surface area contributed by atoms with Crippen LogP contribution in [0.2, 0.25) is 0 Å². The predicted octanol–water partition coefficient (Wildman–Crippen LogP) is -0.145. The maximum absolute atomic E-state index is 12.2. The van der Waals surface area contributed by atoms with Crippen molar-refractivity contribution < 1.29 is 38.1 Å². The average molecular weight is 370 g/mol. The quantitative estimate of drug-likeness (QED) is 0.440. The van der Waals surface area contributed by atoms with Crippen LogP contribution in [-0.2, 0) is 38.1 Å². The van der Waals surface area contributed by atoms with Crippen LogP contribution in [0.25, 0.3) is 0 Å². The molecule has 2 N–H and O–H groups in total. The van der Waals surface area contributed by atoms with Crippen molar-refractivity contribution in [2.75, 3.05) is 26.4 Å². The molecule has 0 unspecified atom stereocenters. The molecule has 0 saturated heterocycles. The summed E-state index contributed by atoms with van der Waals surface area (Å²) in [5.41, 5.74) is -1.49. The molecule has 10 nitrogen and oxygen atoms in total. The van der Waals surface area contributed by atoms with E-state index >= 15 is 0 Å². The van der Waals surface area contributed by atoms with Gasteiger partial charge in [0.1, 0.15) is 0 Å². The smallest absolute Gasteiger partial charge is 0.357 e. The zero-order chi connectivity index (χ0) is 19.7. The zero-order valence-corrected chi connectivity index (χ0v) is 15.1. The Bertz CT molecular complexity index is 543. The molecule has 26 heavy (non-hydrogen) atoms. The van der Waals surface area contributed by atoms with Gasteiger partial charge >= 0.3 is 23.9 Å². The van der Waals surface area contributed by atoms with Gasteiger partial charge < -0.3 is 29.6 Å². The third-order valence-corrected chi connectivity index (χ3v) is 2.92. The summed E-state index contributed by atoms with van der Waals surface area (Å²) in [7, 11) is 0. The van der Waals surface area contributed by atoms with E-state index in [-0.39, 0.29) is 49.2 Å². The highest BCUT2D eigenvalue weighted by Crippen LogP contribution is 2.18. The van der Waals surface area contributed by atoms with Crippen LogP contribution >= 0.6 is 0 Å². The lowest BCUT2D eigenvalue weighted by Gasteiger charge is -2.24. The fourth-order valence-electron chi connectivity index (χ4n) is 1.93. The molecule has 0 atom stereocenters. The number of ether oxygens (including phenoxy) is 4. The molecule has 1 aliphatic heterocycles. The standard InChI is InChI=1S/C16H22N2O8/c1-5-23-13(19)9-10(14(20)24-6-2)18-12(16(22)26-8-4)11(17-9)15(21)25-7-3/h17-18H,5-8H2,1-4H3. The van der Waals surface area contributed by atoms with E-state index < -0.39 is 23.9 Å². The lowest BCUT2D eigenvalue weighted by molar-refractivity contribution is -0.145. The lowest BCUT2D eigenvalue weighted by Crippen LogP contribution is -2.43. The van der Waals surface area contributed by atoms with Crippen LogP contribution in [0.1, 0.15) is 27.7 Å². The molecule has 0 aromatic carbocycles. The number of rotatable bonds is 8. The molecule has 1 heterocycles. The summed E-state index contributed by atoms with van der Waals surface area (Å²) >= 11 is 0. The summed E-state index contributed by atoms with van der Waals surface area (Å²) in [6.45, 7) is 6.42. The second kappa shape index (κ2) is 10.1. The Morgan fingerprint density at radius 2 is 0.731 bits per heavy atom. The van der Waals surface area contributed by atoms with Crippen LogP contribution in [0.5, 0.6) is 0 Å². The minimum atomic E-state index is -0.909. The Kier molecular flexibility index (Phi) is 8.13. The summed E-state index contributed by atoms with van der Waals surface area (Å²) < 4.78 is 19.5. The minimum Gasteiger partial charge on any atom is -0.461 e. The molecular formula is C16H22N2O8. The summed E-state index contributed by atoms with van der Waals surface area (Å²) in [6.07, 6.45) is 0.